The van der Waals surface area contributed by atoms with E-state index in [1.807, 2.05) is 11.4 Å². The number of nitrogens with zero attached hydrogens (tertiary/aromatic N) is 1. The Hall–Kier alpha value is -0.710. The molecule has 0 aliphatic carbocycles. The molecule has 2 aromatic rings. The van der Waals surface area contributed by atoms with Gasteiger partial charge in [0.15, 0.2) is 5.78 Å². The van der Waals surface area contributed by atoms with Gasteiger partial charge in [0.1, 0.15) is 0 Å². The molecule has 5 heteroatoms. The highest BCUT2D eigenvalue weighted by molar-refractivity contribution is 9.10. The van der Waals surface area contributed by atoms with E-state index in [-0.39, 0.29) is 5.78 Å². The molecule has 0 aliphatic rings. The molecule has 0 atom stereocenters. The van der Waals surface area contributed by atoms with Crippen LogP contribution in [0.1, 0.15) is 15.2 Å². The summed E-state index contributed by atoms with van der Waals surface area (Å²) in [5.74, 6) is 0.0730. The van der Waals surface area contributed by atoms with Crippen LogP contribution in [-0.4, -0.2) is 10.8 Å². The van der Waals surface area contributed by atoms with E-state index in [0.29, 0.717) is 11.4 Å². The number of ketones is 1. The van der Waals surface area contributed by atoms with Crippen molar-refractivity contribution in [3.05, 3.63) is 49.8 Å². The molecule has 2 rings (SSSR count). The molecule has 0 unspecified atom stereocenters. The number of hydrogen-bond donors (Lipinski definition) is 0. The summed E-state index contributed by atoms with van der Waals surface area (Å²) in [6.07, 6.45) is 3.50. The quantitative estimate of drug-likeness (QED) is 0.802. The molecule has 2 heterocycles. The molecule has 0 spiro atoms. The van der Waals surface area contributed by atoms with Crippen molar-refractivity contribution in [2.24, 2.45) is 0 Å². The minimum Gasteiger partial charge on any atom is -0.293 e. The second-order valence-corrected chi connectivity index (χ2v) is 5.43. The lowest BCUT2D eigenvalue weighted by atomic mass is 10.1. The fourth-order valence-electron chi connectivity index (χ4n) is 1.27. The molecule has 0 amide bonds. The van der Waals surface area contributed by atoms with Crippen LogP contribution in [0.25, 0.3) is 0 Å². The number of hydrogen-bond acceptors (Lipinski definition) is 3. The van der Waals surface area contributed by atoms with Crippen molar-refractivity contribution >= 4 is 44.7 Å². The summed E-state index contributed by atoms with van der Waals surface area (Å²) in [5, 5.41) is 2.42. The maximum atomic E-state index is 11.9. The first-order valence-electron chi connectivity index (χ1n) is 4.52. The van der Waals surface area contributed by atoms with Crippen molar-refractivity contribution < 1.29 is 4.79 Å². The zero-order chi connectivity index (χ0) is 11.5. The van der Waals surface area contributed by atoms with Crippen LogP contribution < -0.4 is 0 Å². The van der Waals surface area contributed by atoms with E-state index in [1.165, 1.54) is 11.3 Å². The Kier molecular flexibility index (Phi) is 3.74. The smallest absolute Gasteiger partial charge is 0.177 e. The SMILES string of the molecule is O=C(Cc1ccncc1Cl)c1cc(Br)cs1. The predicted octanol–water partition coefficient (Wildman–Crippen LogP) is 3.98. The first-order valence-corrected chi connectivity index (χ1v) is 6.57. The van der Waals surface area contributed by atoms with E-state index in [4.69, 9.17) is 11.6 Å². The summed E-state index contributed by atoms with van der Waals surface area (Å²) in [6.45, 7) is 0. The number of aromatic nitrogens is 1. The molecule has 0 radical (unpaired) electrons. The average molecular weight is 317 g/mol. The molecule has 2 aromatic heterocycles. The number of Topliss-reactive ketones (excluding diaryl/α,β-unsaturated/α-hetero) is 1. The number of carbonyl (C=O) groups excluding carboxylic acids is 1. The number of carbonyl (C=O) groups is 1. The lowest BCUT2D eigenvalue weighted by Gasteiger charge is -2.00. The molecule has 0 bridgehead atoms. The highest BCUT2D eigenvalue weighted by atomic mass is 79.9. The molecule has 2 nitrogen and oxygen atoms in total. The second kappa shape index (κ2) is 5.08. The van der Waals surface area contributed by atoms with Gasteiger partial charge >= 0.3 is 0 Å². The first-order chi connectivity index (χ1) is 7.66. The van der Waals surface area contributed by atoms with E-state index >= 15 is 0 Å². The maximum absolute atomic E-state index is 11.9. The summed E-state index contributed by atoms with van der Waals surface area (Å²) in [7, 11) is 0. The number of halogens is 2. The Morgan fingerprint density at radius 1 is 1.56 bits per heavy atom. The number of thiophene rings is 1. The van der Waals surface area contributed by atoms with Gasteiger partial charge in [0.25, 0.3) is 0 Å². The largest absolute Gasteiger partial charge is 0.293 e. The lowest BCUT2D eigenvalue weighted by molar-refractivity contribution is 0.0997. The lowest BCUT2D eigenvalue weighted by Crippen LogP contribution is -2.01. The molecule has 0 aromatic carbocycles. The molecule has 0 saturated heterocycles. The van der Waals surface area contributed by atoms with Gasteiger partial charge in [-0.1, -0.05) is 11.6 Å². The van der Waals surface area contributed by atoms with Crippen molar-refractivity contribution in [2.45, 2.75) is 6.42 Å². The van der Waals surface area contributed by atoms with Crippen molar-refractivity contribution in [3.8, 4) is 0 Å². The molecule has 0 N–H and O–H groups in total. The molecule has 0 aliphatic heterocycles. The van der Waals surface area contributed by atoms with Crippen molar-refractivity contribution in [1.82, 2.24) is 4.98 Å². The van der Waals surface area contributed by atoms with Gasteiger partial charge in [-0.2, -0.15) is 0 Å². The minimum absolute atomic E-state index is 0.0730. The predicted molar refractivity (Wildman–Crippen MR) is 69.3 cm³/mol. The summed E-state index contributed by atoms with van der Waals surface area (Å²) in [5.41, 5.74) is 0.811. The van der Waals surface area contributed by atoms with Crippen LogP contribution in [0.2, 0.25) is 5.02 Å². The Morgan fingerprint density at radius 2 is 2.38 bits per heavy atom. The zero-order valence-electron chi connectivity index (χ0n) is 8.11. The molecule has 0 fully saturated rings. The van der Waals surface area contributed by atoms with Gasteiger partial charge in [0.05, 0.1) is 9.90 Å². The van der Waals surface area contributed by atoms with E-state index < -0.39 is 0 Å². The van der Waals surface area contributed by atoms with Crippen molar-refractivity contribution in [3.63, 3.8) is 0 Å². The summed E-state index contributed by atoms with van der Waals surface area (Å²) in [4.78, 5) is 16.5. The van der Waals surface area contributed by atoms with Crippen molar-refractivity contribution in [2.75, 3.05) is 0 Å². The molecular weight excluding hydrogens is 310 g/mol. The standard InChI is InChI=1S/C11H7BrClNOS/c12-8-4-11(16-6-8)10(15)3-7-1-2-14-5-9(7)13/h1-2,4-6H,3H2. The monoisotopic (exact) mass is 315 g/mol. The second-order valence-electron chi connectivity index (χ2n) is 3.20. The first kappa shape index (κ1) is 11.8. The van der Waals surface area contributed by atoms with Crippen LogP contribution in [0.4, 0.5) is 0 Å². The Bertz CT molecular complexity index is 526. The van der Waals surface area contributed by atoms with Crippen LogP contribution >= 0.6 is 38.9 Å². The summed E-state index contributed by atoms with van der Waals surface area (Å²) in [6, 6.07) is 3.59. The van der Waals surface area contributed by atoms with Gasteiger partial charge in [0, 0.05) is 28.7 Å². The number of rotatable bonds is 3. The highest BCUT2D eigenvalue weighted by Crippen LogP contribution is 2.22. The topological polar surface area (TPSA) is 30.0 Å². The van der Waals surface area contributed by atoms with Gasteiger partial charge < -0.3 is 0 Å². The average Bonchev–Trinajstić information content (AvgIpc) is 2.68. The van der Waals surface area contributed by atoms with Crippen LogP contribution in [0.3, 0.4) is 0 Å². The maximum Gasteiger partial charge on any atom is 0.177 e. The normalized spacial score (nSPS) is 10.4. The van der Waals surface area contributed by atoms with Gasteiger partial charge in [0.2, 0.25) is 0 Å². The fraction of sp³-hybridized carbons (Fsp3) is 0.0909. The minimum atomic E-state index is 0.0730. The Labute approximate surface area is 110 Å². The molecule has 0 saturated carbocycles. The van der Waals surface area contributed by atoms with Gasteiger partial charge in [-0.05, 0) is 33.6 Å². The van der Waals surface area contributed by atoms with Gasteiger partial charge in [-0.25, -0.2) is 0 Å². The van der Waals surface area contributed by atoms with E-state index in [1.54, 1.807) is 18.5 Å². The van der Waals surface area contributed by atoms with E-state index in [0.717, 1.165) is 14.9 Å². The summed E-state index contributed by atoms with van der Waals surface area (Å²) < 4.78 is 0.932. The van der Waals surface area contributed by atoms with Crippen LogP contribution in [0.5, 0.6) is 0 Å². The van der Waals surface area contributed by atoms with Crippen LogP contribution in [-0.2, 0) is 6.42 Å². The summed E-state index contributed by atoms with van der Waals surface area (Å²) >= 11 is 10.7. The zero-order valence-corrected chi connectivity index (χ0v) is 11.3. The van der Waals surface area contributed by atoms with Crippen LogP contribution in [0, 0.1) is 0 Å². The van der Waals surface area contributed by atoms with Crippen LogP contribution in [0.15, 0.2) is 34.4 Å². The molecular formula is C11H7BrClNOS. The van der Waals surface area contributed by atoms with E-state index in [9.17, 15) is 4.79 Å². The number of pyridine rings is 1. The fourth-order valence-corrected chi connectivity index (χ4v) is 2.82. The highest BCUT2D eigenvalue weighted by Gasteiger charge is 2.11. The van der Waals surface area contributed by atoms with E-state index in [2.05, 4.69) is 20.9 Å². The molecule has 16 heavy (non-hydrogen) atoms. The third-order valence-corrected chi connectivity index (χ3v) is 4.12. The third kappa shape index (κ3) is 2.70. The van der Waals surface area contributed by atoms with Crippen molar-refractivity contribution in [1.29, 1.82) is 0 Å². The molecule has 82 valence electrons. The third-order valence-electron chi connectivity index (χ3n) is 2.05. The van der Waals surface area contributed by atoms with Gasteiger partial charge in [-0.15, -0.1) is 11.3 Å². The Morgan fingerprint density at radius 3 is 3.00 bits per heavy atom. The Balaban J connectivity index is 2.17. The van der Waals surface area contributed by atoms with Gasteiger partial charge in [-0.3, -0.25) is 9.78 Å².